The van der Waals surface area contributed by atoms with Gasteiger partial charge in [-0.25, -0.2) is 9.97 Å². The summed E-state index contributed by atoms with van der Waals surface area (Å²) >= 11 is 1.88. The van der Waals surface area contributed by atoms with Gasteiger partial charge in [-0.15, -0.1) is 0 Å². The van der Waals surface area contributed by atoms with Crippen molar-refractivity contribution in [3.63, 3.8) is 0 Å². The first kappa shape index (κ1) is 34.7. The second-order valence-electron chi connectivity index (χ2n) is 15.9. The van der Waals surface area contributed by atoms with Crippen molar-refractivity contribution in [3.8, 4) is 17.1 Å². The molecular formula is C52H40N4SSi. The van der Waals surface area contributed by atoms with Crippen LogP contribution in [0.1, 0.15) is 25.0 Å². The Morgan fingerprint density at radius 2 is 1.21 bits per heavy atom. The minimum absolute atomic E-state index is 0.158. The van der Waals surface area contributed by atoms with Gasteiger partial charge in [-0.05, 0) is 86.5 Å². The first-order chi connectivity index (χ1) is 28.4. The monoisotopic (exact) mass is 780 g/mol. The highest BCUT2D eigenvalue weighted by Gasteiger charge is 2.42. The molecule has 6 heteroatoms. The fourth-order valence-corrected chi connectivity index (χ4v) is 15.8. The molecule has 0 spiro atoms. The highest BCUT2D eigenvalue weighted by molar-refractivity contribution is 7.99. The van der Waals surface area contributed by atoms with E-state index in [1.54, 1.807) is 0 Å². The van der Waals surface area contributed by atoms with Crippen molar-refractivity contribution < 1.29 is 0 Å². The zero-order valence-electron chi connectivity index (χ0n) is 32.6. The van der Waals surface area contributed by atoms with Gasteiger partial charge < -0.3 is 4.57 Å². The molecule has 4 nitrogen and oxygen atoms in total. The molecule has 0 aliphatic carbocycles. The standard InChI is InChI=1S/C52H40N4SSi/c1-52(2)43-26-10-13-29-48(43)57-49-33-42-41-25-16-30-53-51(41)56(47(42)34-44(49)52)36-18-15-24-40(32-36)58(37-19-6-4-7-20-37,38-21-8-5-9-22-38)39-23-14-17-35(31-39)50-54-45-27-11-12-28-46(45)55(50)3/h4-34H,1-3H3. The van der Waals surface area contributed by atoms with Gasteiger partial charge in [0.25, 0.3) is 0 Å². The number of hydrogen-bond donors (Lipinski definition) is 0. The molecule has 0 unspecified atom stereocenters. The summed E-state index contributed by atoms with van der Waals surface area (Å²) in [5.41, 5.74) is 9.03. The van der Waals surface area contributed by atoms with Gasteiger partial charge in [0.05, 0.1) is 16.6 Å². The molecule has 0 atom stereocenters. The van der Waals surface area contributed by atoms with Crippen LogP contribution in [0.25, 0.3) is 50.0 Å². The van der Waals surface area contributed by atoms with Crippen LogP contribution in [0.15, 0.2) is 198 Å². The van der Waals surface area contributed by atoms with E-state index in [4.69, 9.17) is 9.97 Å². The maximum Gasteiger partial charge on any atom is 0.179 e. The molecule has 0 radical (unpaired) electrons. The van der Waals surface area contributed by atoms with Crippen molar-refractivity contribution in [1.29, 1.82) is 0 Å². The van der Waals surface area contributed by atoms with Crippen molar-refractivity contribution >= 4 is 73.6 Å². The van der Waals surface area contributed by atoms with Crippen LogP contribution in [0.4, 0.5) is 0 Å². The molecule has 4 heterocycles. The minimum Gasteiger partial charge on any atom is -0.327 e. The summed E-state index contributed by atoms with van der Waals surface area (Å²) in [5.74, 6) is 0.962. The van der Waals surface area contributed by atoms with Gasteiger partial charge in [-0.3, -0.25) is 4.57 Å². The lowest BCUT2D eigenvalue weighted by Crippen LogP contribution is -2.74. The lowest BCUT2D eigenvalue weighted by molar-refractivity contribution is 0.608. The predicted octanol–water partition coefficient (Wildman–Crippen LogP) is 9.90. The quantitative estimate of drug-likeness (QED) is 0.125. The summed E-state index contributed by atoms with van der Waals surface area (Å²) in [6.45, 7) is 4.73. The van der Waals surface area contributed by atoms with Crippen LogP contribution in [-0.2, 0) is 12.5 Å². The Hall–Kier alpha value is -6.47. The largest absolute Gasteiger partial charge is 0.327 e. The number of nitrogens with zero attached hydrogens (tertiary/aromatic N) is 4. The van der Waals surface area contributed by atoms with Crippen LogP contribution in [0.5, 0.6) is 0 Å². The number of para-hydroxylation sites is 2. The average Bonchev–Trinajstić information content (AvgIpc) is 3.78. The molecule has 3 aromatic heterocycles. The lowest BCUT2D eigenvalue weighted by Gasteiger charge is -2.35. The number of pyridine rings is 1. The van der Waals surface area contributed by atoms with Gasteiger partial charge in [0.15, 0.2) is 8.07 Å². The molecule has 278 valence electrons. The van der Waals surface area contributed by atoms with E-state index >= 15 is 0 Å². The van der Waals surface area contributed by atoms with Crippen molar-refractivity contribution in [2.24, 2.45) is 7.05 Å². The molecule has 10 aromatic rings. The van der Waals surface area contributed by atoms with Gasteiger partial charge >= 0.3 is 0 Å². The van der Waals surface area contributed by atoms with Crippen molar-refractivity contribution in [1.82, 2.24) is 19.1 Å². The Bertz CT molecular complexity index is 3160. The van der Waals surface area contributed by atoms with Crippen LogP contribution in [-0.4, -0.2) is 27.2 Å². The Labute approximate surface area is 343 Å². The Kier molecular flexibility index (Phi) is 7.97. The molecule has 1 aliphatic rings. The molecule has 0 saturated carbocycles. The fraction of sp³-hybridized carbons (Fsp3) is 0.0769. The van der Waals surface area contributed by atoms with Crippen LogP contribution < -0.4 is 20.7 Å². The van der Waals surface area contributed by atoms with Crippen molar-refractivity contribution in [2.75, 3.05) is 0 Å². The van der Waals surface area contributed by atoms with Gasteiger partial charge in [-0.2, -0.15) is 0 Å². The van der Waals surface area contributed by atoms with Crippen LogP contribution >= 0.6 is 11.8 Å². The normalized spacial score (nSPS) is 13.5. The van der Waals surface area contributed by atoms with E-state index in [1.165, 1.54) is 52.6 Å². The first-order valence-electron chi connectivity index (χ1n) is 19.9. The summed E-state index contributed by atoms with van der Waals surface area (Å²) < 4.78 is 4.62. The van der Waals surface area contributed by atoms with Gasteiger partial charge in [0.2, 0.25) is 0 Å². The van der Waals surface area contributed by atoms with Gasteiger partial charge in [0.1, 0.15) is 11.5 Å². The van der Waals surface area contributed by atoms with Gasteiger partial charge in [0, 0.05) is 50.5 Å². The molecule has 1 aliphatic heterocycles. The third kappa shape index (κ3) is 5.15. The van der Waals surface area contributed by atoms with Crippen molar-refractivity contribution in [3.05, 3.63) is 199 Å². The second-order valence-corrected chi connectivity index (χ2v) is 20.8. The van der Waals surface area contributed by atoms with E-state index in [9.17, 15) is 0 Å². The fourth-order valence-electron chi connectivity index (χ4n) is 9.59. The summed E-state index contributed by atoms with van der Waals surface area (Å²) in [4.78, 5) is 12.9. The van der Waals surface area contributed by atoms with E-state index in [1.807, 2.05) is 18.0 Å². The van der Waals surface area contributed by atoms with E-state index in [0.29, 0.717) is 0 Å². The Morgan fingerprint density at radius 1 is 0.534 bits per heavy atom. The SMILES string of the molecule is Cn1c(-c2cccc([Si](c3ccccc3)(c3ccccc3)c3cccc(-n4c5cc6c(cc5c5cccnc54)Sc4ccccc4C6(C)C)c3)c2)nc2ccccc21. The molecular weight excluding hydrogens is 741 g/mol. The highest BCUT2D eigenvalue weighted by Crippen LogP contribution is 2.51. The Morgan fingerprint density at radius 3 is 1.98 bits per heavy atom. The van der Waals surface area contributed by atoms with Crippen LogP contribution in [0, 0.1) is 0 Å². The number of aromatic nitrogens is 4. The second kappa shape index (κ2) is 13.3. The highest BCUT2D eigenvalue weighted by atomic mass is 32.2. The lowest BCUT2D eigenvalue weighted by atomic mass is 9.77. The number of rotatable bonds is 6. The first-order valence-corrected chi connectivity index (χ1v) is 22.7. The molecule has 0 bridgehead atoms. The number of benzene rings is 7. The third-order valence-electron chi connectivity index (χ3n) is 12.4. The summed E-state index contributed by atoms with van der Waals surface area (Å²) in [6, 6.07) is 67.3. The van der Waals surface area contributed by atoms with Crippen LogP contribution in [0.3, 0.4) is 0 Å². The zero-order valence-corrected chi connectivity index (χ0v) is 34.4. The number of imidazole rings is 1. The zero-order chi connectivity index (χ0) is 39.0. The molecule has 0 N–H and O–H groups in total. The molecule has 58 heavy (non-hydrogen) atoms. The molecule has 7 aromatic carbocycles. The van der Waals surface area contributed by atoms with E-state index in [2.05, 4.69) is 212 Å². The average molecular weight is 781 g/mol. The van der Waals surface area contributed by atoms with Crippen molar-refractivity contribution in [2.45, 2.75) is 29.1 Å². The van der Waals surface area contributed by atoms with E-state index < -0.39 is 8.07 Å². The molecule has 0 saturated heterocycles. The number of hydrogen-bond acceptors (Lipinski definition) is 3. The predicted molar refractivity (Wildman–Crippen MR) is 245 cm³/mol. The minimum atomic E-state index is -2.96. The maximum atomic E-state index is 5.15. The topological polar surface area (TPSA) is 35.6 Å². The maximum absolute atomic E-state index is 5.15. The number of fused-ring (bicyclic) bond motifs is 6. The van der Waals surface area contributed by atoms with E-state index in [-0.39, 0.29) is 5.41 Å². The third-order valence-corrected chi connectivity index (χ3v) is 18.3. The summed E-state index contributed by atoms with van der Waals surface area (Å²) in [5, 5.41) is 7.64. The molecule has 0 amide bonds. The summed E-state index contributed by atoms with van der Waals surface area (Å²) in [6.07, 6.45) is 1.93. The van der Waals surface area contributed by atoms with Gasteiger partial charge in [-0.1, -0.05) is 153 Å². The number of aryl methyl sites for hydroxylation is 1. The van der Waals surface area contributed by atoms with Crippen LogP contribution in [0.2, 0.25) is 0 Å². The van der Waals surface area contributed by atoms with E-state index in [0.717, 1.165) is 39.1 Å². The smallest absolute Gasteiger partial charge is 0.179 e. The Balaban J connectivity index is 1.18. The molecule has 0 fully saturated rings. The molecule has 11 rings (SSSR count). The summed E-state index contributed by atoms with van der Waals surface area (Å²) in [7, 11) is -0.839.